The highest BCUT2D eigenvalue weighted by atomic mass is 16.2. The van der Waals surface area contributed by atoms with Crippen LogP contribution in [-0.4, -0.2) is 15.3 Å². The number of carbonyl (C=O) groups excluding carboxylic acids is 1. The first kappa shape index (κ1) is 15.4. The first-order valence-electron chi connectivity index (χ1n) is 6.59. The minimum absolute atomic E-state index is 0.0332. The van der Waals surface area contributed by atoms with Gasteiger partial charge in [0.25, 0.3) is 5.56 Å². The van der Waals surface area contributed by atoms with Gasteiger partial charge in [-0.2, -0.15) is 0 Å². The molecule has 0 unspecified atom stereocenters. The summed E-state index contributed by atoms with van der Waals surface area (Å²) in [7, 11) is 0. The number of aromatic nitrogens is 2. The van der Waals surface area contributed by atoms with Gasteiger partial charge in [-0.3, -0.25) is 14.2 Å². The zero-order chi connectivity index (χ0) is 14.7. The van der Waals surface area contributed by atoms with Crippen LogP contribution in [0.5, 0.6) is 0 Å². The minimum atomic E-state index is -0.498. The van der Waals surface area contributed by atoms with Crippen LogP contribution in [0.25, 0.3) is 0 Å². The van der Waals surface area contributed by atoms with E-state index in [9.17, 15) is 14.4 Å². The van der Waals surface area contributed by atoms with Gasteiger partial charge >= 0.3 is 5.69 Å². The summed E-state index contributed by atoms with van der Waals surface area (Å²) in [5.74, 6) is 0.584. The fourth-order valence-electron chi connectivity index (χ4n) is 2.33. The highest BCUT2D eigenvalue weighted by molar-refractivity contribution is 5.93. The van der Waals surface area contributed by atoms with Gasteiger partial charge in [-0.15, -0.1) is 0 Å². The van der Waals surface area contributed by atoms with Crippen LogP contribution in [0.3, 0.4) is 0 Å². The number of nitrogens with one attached hydrogen (secondary N) is 1. The first-order valence-corrected chi connectivity index (χ1v) is 6.59. The molecule has 0 amide bonds. The maximum atomic E-state index is 12.1. The number of aromatic amines is 1. The molecule has 0 fully saturated rings. The molecule has 0 aliphatic rings. The molecule has 5 heteroatoms. The maximum absolute atomic E-state index is 12.1. The number of Topliss-reactive ketones (excluding diaryl/α,β-unsaturated/α-hetero) is 1. The Balaban J connectivity index is 3.28. The highest BCUT2D eigenvalue weighted by Crippen LogP contribution is 2.21. The standard InChI is InChI=1S/C14H22N2O3/c1-8(2)12(9(3)4)7-16-13(18)11(10(5)17)6-15-14(16)19/h6,8-9,12H,7H2,1-5H3,(H,15,19). The zero-order valence-electron chi connectivity index (χ0n) is 12.2. The highest BCUT2D eigenvalue weighted by Gasteiger charge is 2.21. The summed E-state index contributed by atoms with van der Waals surface area (Å²) in [4.78, 5) is 37.7. The lowest BCUT2D eigenvalue weighted by molar-refractivity contribution is 0.101. The third-order valence-electron chi connectivity index (χ3n) is 3.55. The number of hydrogen-bond acceptors (Lipinski definition) is 3. The van der Waals surface area contributed by atoms with Crippen LogP contribution < -0.4 is 11.2 Å². The molecule has 0 spiro atoms. The molecule has 106 valence electrons. The summed E-state index contributed by atoms with van der Waals surface area (Å²) < 4.78 is 1.14. The molecule has 0 atom stereocenters. The van der Waals surface area contributed by atoms with Crippen molar-refractivity contribution in [3.63, 3.8) is 0 Å². The van der Waals surface area contributed by atoms with E-state index in [1.54, 1.807) is 0 Å². The maximum Gasteiger partial charge on any atom is 0.328 e. The fraction of sp³-hybridized carbons (Fsp3) is 0.643. The monoisotopic (exact) mass is 266 g/mol. The molecule has 1 aromatic rings. The van der Waals surface area contributed by atoms with E-state index < -0.39 is 11.2 Å². The lowest BCUT2D eigenvalue weighted by Gasteiger charge is -2.25. The van der Waals surface area contributed by atoms with Crippen molar-refractivity contribution in [1.29, 1.82) is 0 Å². The van der Waals surface area contributed by atoms with Gasteiger partial charge < -0.3 is 4.98 Å². The Bertz CT molecular complexity index is 559. The van der Waals surface area contributed by atoms with Gasteiger partial charge in [0.1, 0.15) is 0 Å². The van der Waals surface area contributed by atoms with E-state index in [0.29, 0.717) is 18.4 Å². The molecular formula is C14H22N2O3. The summed E-state index contributed by atoms with van der Waals surface area (Å²) in [5, 5.41) is 0. The molecule has 19 heavy (non-hydrogen) atoms. The Morgan fingerprint density at radius 3 is 2.16 bits per heavy atom. The van der Waals surface area contributed by atoms with Crippen molar-refractivity contribution in [1.82, 2.24) is 9.55 Å². The second-order valence-electron chi connectivity index (χ2n) is 5.63. The van der Waals surface area contributed by atoms with Crippen LogP contribution in [0.2, 0.25) is 0 Å². The van der Waals surface area contributed by atoms with E-state index in [1.165, 1.54) is 13.1 Å². The van der Waals surface area contributed by atoms with E-state index >= 15 is 0 Å². The van der Waals surface area contributed by atoms with Crippen LogP contribution in [-0.2, 0) is 6.54 Å². The molecule has 1 aromatic heterocycles. The predicted octanol–water partition coefficient (Wildman–Crippen LogP) is 1.67. The number of rotatable bonds is 5. The van der Waals surface area contributed by atoms with E-state index in [2.05, 4.69) is 32.7 Å². The van der Waals surface area contributed by atoms with Crippen molar-refractivity contribution in [3.05, 3.63) is 32.6 Å². The summed E-state index contributed by atoms with van der Waals surface area (Å²) >= 11 is 0. The number of ketones is 1. The van der Waals surface area contributed by atoms with Crippen molar-refractivity contribution in [3.8, 4) is 0 Å². The Hall–Kier alpha value is -1.65. The van der Waals surface area contributed by atoms with E-state index in [1.807, 2.05) is 0 Å². The lowest BCUT2D eigenvalue weighted by atomic mass is 9.85. The fourth-order valence-corrected chi connectivity index (χ4v) is 2.33. The molecule has 5 nitrogen and oxygen atoms in total. The Morgan fingerprint density at radius 1 is 1.21 bits per heavy atom. The average Bonchev–Trinajstić information content (AvgIpc) is 2.27. The van der Waals surface area contributed by atoms with Crippen LogP contribution >= 0.6 is 0 Å². The average molecular weight is 266 g/mol. The van der Waals surface area contributed by atoms with Crippen molar-refractivity contribution < 1.29 is 4.79 Å². The van der Waals surface area contributed by atoms with Crippen LogP contribution in [0, 0.1) is 17.8 Å². The number of H-pyrrole nitrogens is 1. The Morgan fingerprint density at radius 2 is 1.74 bits per heavy atom. The lowest BCUT2D eigenvalue weighted by Crippen LogP contribution is -2.41. The topological polar surface area (TPSA) is 71.9 Å². The van der Waals surface area contributed by atoms with Crippen LogP contribution in [0.1, 0.15) is 45.0 Å². The smallest absolute Gasteiger partial charge is 0.313 e. The molecule has 0 saturated heterocycles. The van der Waals surface area contributed by atoms with Crippen molar-refractivity contribution in [2.45, 2.75) is 41.2 Å². The summed E-state index contributed by atoms with van der Waals surface area (Å²) in [6, 6.07) is 0. The third kappa shape index (κ3) is 3.43. The predicted molar refractivity (Wildman–Crippen MR) is 74.5 cm³/mol. The molecule has 0 saturated carbocycles. The third-order valence-corrected chi connectivity index (χ3v) is 3.55. The molecule has 1 heterocycles. The van der Waals surface area contributed by atoms with Gasteiger partial charge in [-0.1, -0.05) is 27.7 Å². The Kier molecular flexibility index (Phi) is 4.86. The SMILES string of the molecule is CC(=O)c1c[nH]c(=O)n(CC(C(C)C)C(C)C)c1=O. The molecular weight excluding hydrogens is 244 g/mol. The molecule has 1 rings (SSSR count). The second-order valence-corrected chi connectivity index (χ2v) is 5.63. The summed E-state index contributed by atoms with van der Waals surface area (Å²) in [5.41, 5.74) is -0.922. The number of hydrogen-bond donors (Lipinski definition) is 1. The second kappa shape index (κ2) is 5.99. The molecule has 0 bridgehead atoms. The molecule has 1 N–H and O–H groups in total. The number of carbonyl (C=O) groups is 1. The van der Waals surface area contributed by atoms with E-state index in [-0.39, 0.29) is 17.3 Å². The van der Waals surface area contributed by atoms with Crippen molar-refractivity contribution >= 4 is 5.78 Å². The van der Waals surface area contributed by atoms with Gasteiger partial charge in [0.05, 0.1) is 5.56 Å². The van der Waals surface area contributed by atoms with Crippen LogP contribution in [0.4, 0.5) is 0 Å². The number of nitrogens with zero attached hydrogens (tertiary/aromatic N) is 1. The molecule has 0 radical (unpaired) electrons. The largest absolute Gasteiger partial charge is 0.328 e. The summed E-state index contributed by atoms with van der Waals surface area (Å²) in [6.07, 6.45) is 1.20. The van der Waals surface area contributed by atoms with Gasteiger partial charge in [0, 0.05) is 12.7 Å². The minimum Gasteiger partial charge on any atom is -0.313 e. The van der Waals surface area contributed by atoms with Crippen molar-refractivity contribution in [2.24, 2.45) is 17.8 Å². The van der Waals surface area contributed by atoms with Gasteiger partial charge in [0.15, 0.2) is 5.78 Å². The van der Waals surface area contributed by atoms with Gasteiger partial charge in [-0.05, 0) is 24.7 Å². The van der Waals surface area contributed by atoms with E-state index in [4.69, 9.17) is 0 Å². The molecule has 0 aromatic carbocycles. The zero-order valence-corrected chi connectivity index (χ0v) is 12.2. The molecule has 0 aliphatic carbocycles. The van der Waals surface area contributed by atoms with Gasteiger partial charge in [0.2, 0.25) is 0 Å². The first-order chi connectivity index (χ1) is 8.75. The summed E-state index contributed by atoms with van der Waals surface area (Å²) in [6.45, 7) is 9.93. The van der Waals surface area contributed by atoms with E-state index in [0.717, 1.165) is 4.57 Å². The molecule has 0 aliphatic heterocycles. The van der Waals surface area contributed by atoms with Crippen LogP contribution in [0.15, 0.2) is 15.8 Å². The normalized spacial score (nSPS) is 11.6. The Labute approximate surface area is 112 Å². The van der Waals surface area contributed by atoms with Gasteiger partial charge in [-0.25, -0.2) is 4.79 Å². The quantitative estimate of drug-likeness (QED) is 0.824. The van der Waals surface area contributed by atoms with Crippen molar-refractivity contribution in [2.75, 3.05) is 0 Å².